The minimum Gasteiger partial charge on any atom is -0.480 e. The third-order valence-electron chi connectivity index (χ3n) is 3.85. The minimum absolute atomic E-state index is 0.00343. The lowest BCUT2D eigenvalue weighted by Gasteiger charge is -2.16. The van der Waals surface area contributed by atoms with Crippen molar-refractivity contribution in [1.29, 1.82) is 0 Å². The van der Waals surface area contributed by atoms with Gasteiger partial charge in [0.25, 0.3) is 0 Å². The van der Waals surface area contributed by atoms with Gasteiger partial charge in [0, 0.05) is 0 Å². The Hall–Kier alpha value is -2.62. The average Bonchev–Trinajstić information content (AvgIpc) is 2.61. The van der Waals surface area contributed by atoms with Crippen molar-refractivity contribution >= 4 is 16.4 Å². The summed E-state index contributed by atoms with van der Waals surface area (Å²) in [7, 11) is -4.60. The topological polar surface area (TPSA) is 136 Å². The predicted octanol–water partition coefficient (Wildman–Crippen LogP) is 3.57. The monoisotopic (exact) mass is 425 g/mol. The van der Waals surface area contributed by atoms with Gasteiger partial charge in [0.15, 0.2) is 0 Å². The molecule has 2 rings (SSSR count). The Labute approximate surface area is 171 Å². The first-order valence-electron chi connectivity index (χ1n) is 9.00. The highest BCUT2D eigenvalue weighted by atomic mass is 32.3. The van der Waals surface area contributed by atoms with Crippen LogP contribution in [0, 0.1) is 20.8 Å². The Morgan fingerprint density at radius 3 is 2.07 bits per heavy atom. The van der Waals surface area contributed by atoms with Crippen molar-refractivity contribution in [3.05, 3.63) is 52.6 Å². The molecular formula is C20H27NO7S. The molecule has 0 bridgehead atoms. The molecule has 0 saturated heterocycles. The molecule has 0 spiro atoms. The van der Waals surface area contributed by atoms with E-state index >= 15 is 0 Å². The smallest absolute Gasteiger partial charge is 0.446 e. The lowest BCUT2D eigenvalue weighted by Crippen LogP contribution is -2.32. The van der Waals surface area contributed by atoms with E-state index in [1.54, 1.807) is 13.0 Å². The molecule has 9 heteroatoms. The van der Waals surface area contributed by atoms with Crippen LogP contribution in [0.4, 0.5) is 0 Å². The van der Waals surface area contributed by atoms with E-state index in [0.29, 0.717) is 17.1 Å². The number of hydrogen-bond donors (Lipinski definition) is 3. The highest BCUT2D eigenvalue weighted by Crippen LogP contribution is 2.32. The van der Waals surface area contributed by atoms with Crippen LogP contribution >= 0.6 is 0 Å². The van der Waals surface area contributed by atoms with E-state index in [1.165, 1.54) is 12.1 Å². The van der Waals surface area contributed by atoms with Crippen LogP contribution in [0.15, 0.2) is 30.3 Å². The van der Waals surface area contributed by atoms with Crippen LogP contribution < -0.4 is 14.7 Å². The molecule has 0 amide bonds. The van der Waals surface area contributed by atoms with E-state index < -0.39 is 22.4 Å². The molecule has 0 unspecified atom stereocenters. The summed E-state index contributed by atoms with van der Waals surface area (Å²) in [5, 5.41) is 8.94. The van der Waals surface area contributed by atoms with E-state index in [2.05, 4.69) is 4.18 Å². The number of carbonyl (C=O) groups is 1. The quantitative estimate of drug-likeness (QED) is 0.573. The number of aryl methyl sites for hydroxylation is 3. The first-order chi connectivity index (χ1) is 13.5. The fourth-order valence-electron chi connectivity index (χ4n) is 2.67. The second kappa shape index (κ2) is 10.2. The number of rotatable bonds is 7. The summed E-state index contributed by atoms with van der Waals surface area (Å²) in [6.45, 7) is 9.28. The molecule has 0 saturated carbocycles. The number of carboxylic acids is 1. The number of hydrogen-bond acceptors (Lipinski definition) is 6. The van der Waals surface area contributed by atoms with Crippen LogP contribution in [0.2, 0.25) is 0 Å². The largest absolute Gasteiger partial charge is 0.480 e. The van der Waals surface area contributed by atoms with Crippen molar-refractivity contribution < 1.29 is 31.8 Å². The SMILES string of the molecule is CC.Cc1cc(Oc2c(C)cc(C[C@H](N)C(=O)O)cc2C)ccc1OS(=O)(=O)O. The summed E-state index contributed by atoms with van der Waals surface area (Å²) < 4.78 is 40.8. The van der Waals surface area contributed by atoms with E-state index in [-0.39, 0.29) is 12.2 Å². The number of carboxylic acid groups (broad SMARTS) is 1. The van der Waals surface area contributed by atoms with Gasteiger partial charge in [0.1, 0.15) is 23.3 Å². The lowest BCUT2D eigenvalue weighted by molar-refractivity contribution is -0.138. The Bertz CT molecular complexity index is 948. The van der Waals surface area contributed by atoms with Gasteiger partial charge in [0.2, 0.25) is 0 Å². The maximum atomic E-state index is 10.9. The average molecular weight is 426 g/mol. The molecule has 0 fully saturated rings. The van der Waals surface area contributed by atoms with Gasteiger partial charge in [-0.1, -0.05) is 26.0 Å². The minimum atomic E-state index is -4.60. The van der Waals surface area contributed by atoms with Crippen LogP contribution in [-0.4, -0.2) is 30.1 Å². The highest BCUT2D eigenvalue weighted by Gasteiger charge is 2.15. The Balaban J connectivity index is 0.00000204. The summed E-state index contributed by atoms with van der Waals surface area (Å²) in [4.78, 5) is 10.9. The van der Waals surface area contributed by atoms with Crippen molar-refractivity contribution in [2.24, 2.45) is 5.73 Å². The van der Waals surface area contributed by atoms with E-state index in [4.69, 9.17) is 20.1 Å². The van der Waals surface area contributed by atoms with E-state index in [9.17, 15) is 13.2 Å². The van der Waals surface area contributed by atoms with Gasteiger partial charge >= 0.3 is 16.4 Å². The number of ether oxygens (including phenoxy) is 1. The van der Waals surface area contributed by atoms with Crippen molar-refractivity contribution in [1.82, 2.24) is 0 Å². The van der Waals surface area contributed by atoms with Gasteiger partial charge in [-0.3, -0.25) is 9.35 Å². The van der Waals surface area contributed by atoms with Crippen LogP contribution in [0.25, 0.3) is 0 Å². The first kappa shape index (κ1) is 24.4. The molecule has 1 atom stereocenters. The van der Waals surface area contributed by atoms with Gasteiger partial charge in [0.05, 0.1) is 0 Å². The zero-order valence-corrected chi connectivity index (χ0v) is 17.9. The summed E-state index contributed by atoms with van der Waals surface area (Å²) in [5.41, 5.74) is 8.44. The molecule has 0 aromatic heterocycles. The Morgan fingerprint density at radius 1 is 1.07 bits per heavy atom. The lowest BCUT2D eigenvalue weighted by atomic mass is 10.0. The van der Waals surface area contributed by atoms with Gasteiger partial charge in [-0.25, -0.2) is 0 Å². The third-order valence-corrected chi connectivity index (χ3v) is 4.24. The van der Waals surface area contributed by atoms with Gasteiger partial charge in [-0.2, -0.15) is 8.42 Å². The first-order valence-corrected chi connectivity index (χ1v) is 10.4. The van der Waals surface area contributed by atoms with Crippen LogP contribution in [0.3, 0.4) is 0 Å². The van der Waals surface area contributed by atoms with Gasteiger partial charge in [-0.05, 0) is 67.6 Å². The molecule has 0 aliphatic carbocycles. The van der Waals surface area contributed by atoms with Crippen LogP contribution in [0.5, 0.6) is 17.2 Å². The van der Waals surface area contributed by atoms with Gasteiger partial charge in [-0.15, -0.1) is 0 Å². The molecule has 160 valence electrons. The van der Waals surface area contributed by atoms with Crippen LogP contribution in [0.1, 0.15) is 36.1 Å². The number of nitrogens with two attached hydrogens (primary N) is 1. The molecular weight excluding hydrogens is 398 g/mol. The molecule has 29 heavy (non-hydrogen) atoms. The zero-order valence-electron chi connectivity index (χ0n) is 17.1. The van der Waals surface area contributed by atoms with Crippen molar-refractivity contribution in [3.8, 4) is 17.2 Å². The standard InChI is InChI=1S/C18H21NO7S.C2H6/c1-10-8-14(4-5-16(10)26-27(22,23)24)25-17-11(2)6-13(7-12(17)3)9-15(19)18(20)21;1-2/h4-8,15H,9,19H2,1-3H3,(H,20,21)(H,22,23,24);1-2H3/t15-;/m0./s1. The van der Waals surface area contributed by atoms with Gasteiger partial charge < -0.3 is 19.8 Å². The molecule has 2 aromatic carbocycles. The number of benzene rings is 2. The second-order valence-electron chi connectivity index (χ2n) is 6.25. The summed E-state index contributed by atoms with van der Waals surface area (Å²) in [6.07, 6.45) is 0.206. The molecule has 0 aliphatic heterocycles. The van der Waals surface area contributed by atoms with Crippen LogP contribution in [-0.2, 0) is 21.6 Å². The molecule has 0 heterocycles. The van der Waals surface area contributed by atoms with E-state index in [0.717, 1.165) is 16.7 Å². The maximum Gasteiger partial charge on any atom is 0.446 e. The second-order valence-corrected chi connectivity index (χ2v) is 7.27. The highest BCUT2D eigenvalue weighted by molar-refractivity contribution is 7.81. The Morgan fingerprint density at radius 2 is 1.62 bits per heavy atom. The fourth-order valence-corrected chi connectivity index (χ4v) is 3.08. The summed E-state index contributed by atoms with van der Waals surface area (Å²) in [6, 6.07) is 7.12. The maximum absolute atomic E-state index is 10.9. The van der Waals surface area contributed by atoms with E-state index in [1.807, 2.05) is 39.8 Å². The number of aliphatic carboxylic acids is 1. The summed E-state index contributed by atoms with van der Waals surface area (Å²) >= 11 is 0. The predicted molar refractivity (Wildman–Crippen MR) is 110 cm³/mol. The van der Waals surface area contributed by atoms with Crippen molar-refractivity contribution in [2.45, 2.75) is 47.1 Å². The summed E-state index contributed by atoms with van der Waals surface area (Å²) in [5.74, 6) is -0.00789. The van der Waals surface area contributed by atoms with Crippen molar-refractivity contribution in [3.63, 3.8) is 0 Å². The molecule has 0 radical (unpaired) electrons. The molecule has 8 nitrogen and oxygen atoms in total. The molecule has 4 N–H and O–H groups in total. The molecule has 0 aliphatic rings. The Kier molecular flexibility index (Phi) is 8.62. The fraction of sp³-hybridized carbons (Fsp3) is 0.350. The normalized spacial score (nSPS) is 11.8. The van der Waals surface area contributed by atoms with Crippen molar-refractivity contribution in [2.75, 3.05) is 0 Å². The third kappa shape index (κ3) is 7.37. The zero-order chi connectivity index (χ0) is 22.4. The molecule has 2 aromatic rings.